The smallest absolute Gasteiger partial charge is 0.335 e. The molecule has 7 heteroatoms. The Morgan fingerprint density at radius 2 is 2.29 bits per heavy atom. The van der Waals surface area contributed by atoms with Crippen LogP contribution in [-0.4, -0.2) is 48.8 Å². The fourth-order valence-electron chi connectivity index (χ4n) is 2.33. The van der Waals surface area contributed by atoms with E-state index in [4.69, 9.17) is 9.84 Å². The maximum atomic E-state index is 13.7. The predicted octanol–water partition coefficient (Wildman–Crippen LogP) is 2.02. The number of rotatable bonds is 4. The Kier molecular flexibility index (Phi) is 4.74. The number of halogens is 1. The molecule has 1 aliphatic heterocycles. The highest BCUT2D eigenvalue weighted by molar-refractivity contribution is 5.91. The van der Waals surface area contributed by atoms with E-state index in [0.717, 1.165) is 12.5 Å². The molecule has 2 amide bonds. The van der Waals surface area contributed by atoms with Crippen LogP contribution in [0.5, 0.6) is 0 Å². The fourth-order valence-corrected chi connectivity index (χ4v) is 2.33. The number of benzene rings is 1. The lowest BCUT2D eigenvalue weighted by Crippen LogP contribution is -2.33. The van der Waals surface area contributed by atoms with Crippen LogP contribution >= 0.6 is 0 Å². The van der Waals surface area contributed by atoms with Crippen LogP contribution in [0.4, 0.5) is 14.9 Å². The number of hydrogen-bond acceptors (Lipinski definition) is 3. The third kappa shape index (κ3) is 3.69. The molecule has 1 fully saturated rings. The first-order valence-corrected chi connectivity index (χ1v) is 6.59. The molecule has 6 nitrogen and oxygen atoms in total. The van der Waals surface area contributed by atoms with Gasteiger partial charge in [0.25, 0.3) is 0 Å². The molecule has 0 bridgehead atoms. The molecule has 0 radical (unpaired) electrons. The second-order valence-electron chi connectivity index (χ2n) is 4.99. The number of carbonyl (C=O) groups excluding carboxylic acids is 1. The SMILES string of the molecule is COCC1CCN(C(=O)Nc2ccc(C(=O)O)cc2F)C1. The Labute approximate surface area is 121 Å². The first-order valence-electron chi connectivity index (χ1n) is 6.59. The molecule has 1 aromatic carbocycles. The summed E-state index contributed by atoms with van der Waals surface area (Å²) < 4.78 is 18.8. The molecule has 0 spiro atoms. The highest BCUT2D eigenvalue weighted by Crippen LogP contribution is 2.20. The summed E-state index contributed by atoms with van der Waals surface area (Å²) in [6, 6.07) is 2.99. The number of carboxylic acid groups (broad SMARTS) is 1. The molecule has 0 aliphatic carbocycles. The van der Waals surface area contributed by atoms with Crippen molar-refractivity contribution in [3.8, 4) is 0 Å². The zero-order chi connectivity index (χ0) is 15.4. The molecule has 1 aromatic rings. The summed E-state index contributed by atoms with van der Waals surface area (Å²) in [7, 11) is 1.61. The van der Waals surface area contributed by atoms with Crippen molar-refractivity contribution in [2.45, 2.75) is 6.42 Å². The molecule has 0 aromatic heterocycles. The number of carboxylic acids is 1. The summed E-state index contributed by atoms with van der Waals surface area (Å²) in [5.41, 5.74) is -0.188. The van der Waals surface area contributed by atoms with Crippen LogP contribution in [0.2, 0.25) is 0 Å². The lowest BCUT2D eigenvalue weighted by Gasteiger charge is -2.17. The Balaban J connectivity index is 1.99. The second-order valence-corrected chi connectivity index (χ2v) is 4.99. The van der Waals surface area contributed by atoms with Crippen molar-refractivity contribution in [3.05, 3.63) is 29.6 Å². The van der Waals surface area contributed by atoms with E-state index in [1.54, 1.807) is 12.0 Å². The molecular weight excluding hydrogens is 279 g/mol. The van der Waals surface area contributed by atoms with Gasteiger partial charge in [0.1, 0.15) is 5.82 Å². The van der Waals surface area contributed by atoms with Crippen LogP contribution in [-0.2, 0) is 4.74 Å². The van der Waals surface area contributed by atoms with Crippen molar-refractivity contribution in [2.24, 2.45) is 5.92 Å². The zero-order valence-corrected chi connectivity index (χ0v) is 11.6. The zero-order valence-electron chi connectivity index (χ0n) is 11.6. The first-order chi connectivity index (χ1) is 10.0. The van der Waals surface area contributed by atoms with Gasteiger partial charge in [-0.15, -0.1) is 0 Å². The molecule has 114 valence electrons. The van der Waals surface area contributed by atoms with E-state index in [2.05, 4.69) is 5.32 Å². The summed E-state index contributed by atoms with van der Waals surface area (Å²) in [5, 5.41) is 11.2. The van der Waals surface area contributed by atoms with Gasteiger partial charge in [-0.1, -0.05) is 0 Å². The van der Waals surface area contributed by atoms with Gasteiger partial charge in [-0.25, -0.2) is 14.0 Å². The number of hydrogen-bond donors (Lipinski definition) is 2. The minimum Gasteiger partial charge on any atom is -0.478 e. The molecular formula is C14H17FN2O4. The average molecular weight is 296 g/mol. The van der Waals surface area contributed by atoms with Crippen LogP contribution in [0.1, 0.15) is 16.8 Å². The van der Waals surface area contributed by atoms with E-state index >= 15 is 0 Å². The van der Waals surface area contributed by atoms with Crippen LogP contribution < -0.4 is 5.32 Å². The van der Waals surface area contributed by atoms with Gasteiger partial charge in [0, 0.05) is 26.1 Å². The minimum atomic E-state index is -1.21. The third-order valence-corrected chi connectivity index (χ3v) is 3.43. The summed E-state index contributed by atoms with van der Waals surface area (Å²) in [5.74, 6) is -1.69. The molecule has 0 saturated carbocycles. The molecule has 1 saturated heterocycles. The van der Waals surface area contributed by atoms with Crippen LogP contribution in [0.15, 0.2) is 18.2 Å². The Hall–Kier alpha value is -2.15. The number of carbonyl (C=O) groups is 2. The van der Waals surface area contributed by atoms with Gasteiger partial charge >= 0.3 is 12.0 Å². The van der Waals surface area contributed by atoms with Gasteiger partial charge in [0.2, 0.25) is 0 Å². The summed E-state index contributed by atoms with van der Waals surface area (Å²) in [6.45, 7) is 1.74. The molecule has 2 N–H and O–H groups in total. The predicted molar refractivity (Wildman–Crippen MR) is 73.9 cm³/mol. The molecule has 1 heterocycles. The molecule has 1 atom stereocenters. The second kappa shape index (κ2) is 6.53. The Morgan fingerprint density at radius 3 is 2.90 bits per heavy atom. The monoisotopic (exact) mass is 296 g/mol. The van der Waals surface area contributed by atoms with Crippen LogP contribution in [0.25, 0.3) is 0 Å². The lowest BCUT2D eigenvalue weighted by molar-refractivity contribution is 0.0696. The van der Waals surface area contributed by atoms with E-state index in [-0.39, 0.29) is 11.3 Å². The largest absolute Gasteiger partial charge is 0.478 e. The fraction of sp³-hybridized carbons (Fsp3) is 0.429. The quantitative estimate of drug-likeness (QED) is 0.891. The van der Waals surface area contributed by atoms with Gasteiger partial charge in [0.05, 0.1) is 17.9 Å². The van der Waals surface area contributed by atoms with Crippen LogP contribution in [0.3, 0.4) is 0 Å². The van der Waals surface area contributed by atoms with Crippen LogP contribution in [0, 0.1) is 11.7 Å². The van der Waals surface area contributed by atoms with Gasteiger partial charge in [0.15, 0.2) is 0 Å². The summed E-state index contributed by atoms with van der Waals surface area (Å²) in [4.78, 5) is 24.3. The maximum Gasteiger partial charge on any atom is 0.335 e. The molecule has 21 heavy (non-hydrogen) atoms. The van der Waals surface area contributed by atoms with E-state index < -0.39 is 17.8 Å². The number of methoxy groups -OCH3 is 1. The lowest BCUT2D eigenvalue weighted by atomic mass is 10.1. The van der Waals surface area contributed by atoms with E-state index in [1.165, 1.54) is 12.1 Å². The number of amides is 2. The number of aromatic carboxylic acids is 1. The van der Waals surface area contributed by atoms with Crippen molar-refractivity contribution < 1.29 is 23.8 Å². The number of anilines is 1. The highest BCUT2D eigenvalue weighted by Gasteiger charge is 2.26. The van der Waals surface area contributed by atoms with E-state index in [9.17, 15) is 14.0 Å². The summed E-state index contributed by atoms with van der Waals surface area (Å²) in [6.07, 6.45) is 0.849. The number of nitrogens with one attached hydrogen (secondary N) is 1. The number of nitrogens with zero attached hydrogens (tertiary/aromatic N) is 1. The Morgan fingerprint density at radius 1 is 1.52 bits per heavy atom. The normalized spacial score (nSPS) is 17.8. The number of ether oxygens (including phenoxy) is 1. The average Bonchev–Trinajstić information content (AvgIpc) is 2.90. The van der Waals surface area contributed by atoms with E-state index in [1.807, 2.05) is 0 Å². The van der Waals surface area contributed by atoms with Gasteiger partial charge in [-0.2, -0.15) is 0 Å². The Bertz CT molecular complexity index is 550. The maximum absolute atomic E-state index is 13.7. The van der Waals surface area contributed by atoms with Gasteiger partial charge < -0.3 is 20.1 Å². The van der Waals surface area contributed by atoms with Crippen molar-refractivity contribution in [3.63, 3.8) is 0 Å². The molecule has 1 aliphatic rings. The van der Waals surface area contributed by atoms with Crippen molar-refractivity contribution in [2.75, 3.05) is 32.1 Å². The topological polar surface area (TPSA) is 78.9 Å². The molecule has 2 rings (SSSR count). The standard InChI is InChI=1S/C14H17FN2O4/c1-21-8-9-4-5-17(7-9)14(20)16-12-3-2-10(13(18)19)6-11(12)15/h2-3,6,9H,4-5,7-8H2,1H3,(H,16,20)(H,18,19). The van der Waals surface area contributed by atoms with E-state index in [0.29, 0.717) is 25.6 Å². The number of likely N-dealkylation sites (tertiary alicyclic amines) is 1. The molecule has 1 unspecified atom stereocenters. The minimum absolute atomic E-state index is 0.0276. The van der Waals surface area contributed by atoms with Gasteiger partial charge in [-0.3, -0.25) is 0 Å². The first kappa shape index (κ1) is 15.2. The van der Waals surface area contributed by atoms with Crippen molar-refractivity contribution in [1.82, 2.24) is 4.90 Å². The van der Waals surface area contributed by atoms with Gasteiger partial charge in [-0.05, 0) is 24.6 Å². The number of urea groups is 1. The van der Waals surface area contributed by atoms with Crippen molar-refractivity contribution in [1.29, 1.82) is 0 Å². The summed E-state index contributed by atoms with van der Waals surface area (Å²) >= 11 is 0. The van der Waals surface area contributed by atoms with Crippen molar-refractivity contribution >= 4 is 17.7 Å². The third-order valence-electron chi connectivity index (χ3n) is 3.43. The highest BCUT2D eigenvalue weighted by atomic mass is 19.1.